The molecule has 3 nitrogen and oxygen atoms in total. The average molecular weight is 826 g/mol. The Morgan fingerprint density at radius 3 is 1.45 bits per heavy atom. The van der Waals surface area contributed by atoms with Gasteiger partial charge in [-0.15, -0.1) is 0 Å². The van der Waals surface area contributed by atoms with Crippen LogP contribution in [0.5, 0.6) is 0 Å². The Bertz CT molecular complexity index is 3930. The van der Waals surface area contributed by atoms with E-state index >= 15 is 0 Å². The van der Waals surface area contributed by atoms with Crippen molar-refractivity contribution in [2.24, 2.45) is 0 Å². The topological polar surface area (TPSA) is 30.7 Å². The van der Waals surface area contributed by atoms with Crippen molar-refractivity contribution in [1.29, 1.82) is 0 Å². The van der Waals surface area contributed by atoms with Crippen molar-refractivity contribution in [2.75, 3.05) is 0 Å². The largest absolute Gasteiger partial charge is 0.309 e. The molecule has 0 atom stereocenters. The number of para-hydroxylation sites is 2. The van der Waals surface area contributed by atoms with Crippen molar-refractivity contribution < 1.29 is 0 Å². The molecule has 2 heterocycles. The monoisotopic (exact) mass is 825 g/mol. The van der Waals surface area contributed by atoms with Crippen LogP contribution in [-0.4, -0.2) is 14.5 Å². The molecule has 0 aliphatic carbocycles. The minimum absolute atomic E-state index is 0.699. The maximum Gasteiger partial charge on any atom is 0.160 e. The molecule has 0 saturated heterocycles. The van der Waals surface area contributed by atoms with Crippen molar-refractivity contribution in [2.45, 2.75) is 0 Å². The second-order valence-corrected chi connectivity index (χ2v) is 16.9. The molecule has 0 bridgehead atoms. The standard InChI is InChI=1S/C62H39N3/c1-3-16-42(17-4-1)59-52-23-9-10-24-53(52)60(61-49-20-8-7-15-40(49)33-36-54(59)61)47-30-28-44-37-46(29-27-45(44)38-47)56-39-55(63-62(64-56)43-18-5-2-6-19-43)41-31-34-48(35-32-41)65-57-25-13-11-21-50(57)51-22-12-14-26-58(51)65/h1-39H. The summed E-state index contributed by atoms with van der Waals surface area (Å²) in [6, 6.07) is 85.3. The Morgan fingerprint density at radius 2 is 0.769 bits per heavy atom. The molecule has 13 aromatic rings. The van der Waals surface area contributed by atoms with E-state index in [2.05, 4.69) is 223 Å². The van der Waals surface area contributed by atoms with Gasteiger partial charge in [0.2, 0.25) is 0 Å². The van der Waals surface area contributed by atoms with Gasteiger partial charge in [0.05, 0.1) is 22.4 Å². The lowest BCUT2D eigenvalue weighted by Gasteiger charge is -2.19. The van der Waals surface area contributed by atoms with Crippen molar-refractivity contribution >= 4 is 64.9 Å². The molecule has 0 amide bonds. The highest BCUT2D eigenvalue weighted by atomic mass is 15.0. The molecular weight excluding hydrogens is 787 g/mol. The van der Waals surface area contributed by atoms with Crippen LogP contribution in [0.2, 0.25) is 0 Å². The number of aromatic nitrogens is 3. The molecule has 3 heteroatoms. The quantitative estimate of drug-likeness (QED) is 0.123. The van der Waals surface area contributed by atoms with Gasteiger partial charge in [0.15, 0.2) is 5.82 Å². The van der Waals surface area contributed by atoms with Gasteiger partial charge in [0.1, 0.15) is 0 Å². The Kier molecular flexibility index (Phi) is 8.53. The van der Waals surface area contributed by atoms with E-state index in [0.29, 0.717) is 5.82 Å². The van der Waals surface area contributed by atoms with Gasteiger partial charge < -0.3 is 4.57 Å². The highest BCUT2D eigenvalue weighted by molar-refractivity contribution is 6.28. The fourth-order valence-corrected chi connectivity index (χ4v) is 10.2. The predicted octanol–water partition coefficient (Wildman–Crippen LogP) is 16.5. The van der Waals surface area contributed by atoms with Crippen LogP contribution < -0.4 is 0 Å². The summed E-state index contributed by atoms with van der Waals surface area (Å²) < 4.78 is 2.35. The Labute approximate surface area is 376 Å². The normalized spacial score (nSPS) is 11.7. The smallest absolute Gasteiger partial charge is 0.160 e. The zero-order valence-corrected chi connectivity index (χ0v) is 35.4. The summed E-state index contributed by atoms with van der Waals surface area (Å²) in [4.78, 5) is 10.4. The second-order valence-electron chi connectivity index (χ2n) is 16.9. The summed E-state index contributed by atoms with van der Waals surface area (Å²) in [7, 11) is 0. The van der Waals surface area contributed by atoms with Gasteiger partial charge in [-0.2, -0.15) is 0 Å². The zero-order chi connectivity index (χ0) is 42.8. The maximum absolute atomic E-state index is 5.21. The number of rotatable bonds is 6. The molecule has 0 unspecified atom stereocenters. The molecule has 0 aliphatic rings. The van der Waals surface area contributed by atoms with Crippen LogP contribution in [0, 0.1) is 0 Å². The first-order chi connectivity index (χ1) is 32.2. The van der Waals surface area contributed by atoms with Gasteiger partial charge in [0.25, 0.3) is 0 Å². The third kappa shape index (κ3) is 6.12. The van der Waals surface area contributed by atoms with E-state index < -0.39 is 0 Å². The minimum Gasteiger partial charge on any atom is -0.309 e. The van der Waals surface area contributed by atoms with Crippen LogP contribution >= 0.6 is 0 Å². The van der Waals surface area contributed by atoms with E-state index in [0.717, 1.165) is 39.2 Å². The van der Waals surface area contributed by atoms with Gasteiger partial charge >= 0.3 is 0 Å². The molecule has 0 aliphatic heterocycles. The maximum atomic E-state index is 5.21. The minimum atomic E-state index is 0.699. The number of hydrogen-bond donors (Lipinski definition) is 0. The number of benzene rings is 11. The molecule has 0 saturated carbocycles. The number of hydrogen-bond acceptors (Lipinski definition) is 2. The molecule has 2 aromatic heterocycles. The fraction of sp³-hybridized carbons (Fsp3) is 0. The highest BCUT2D eigenvalue weighted by Gasteiger charge is 2.20. The van der Waals surface area contributed by atoms with E-state index in [1.807, 2.05) is 18.2 Å². The summed E-state index contributed by atoms with van der Waals surface area (Å²) in [5.41, 5.74) is 13.3. The van der Waals surface area contributed by atoms with E-state index in [4.69, 9.17) is 9.97 Å². The molecule has 0 radical (unpaired) electrons. The van der Waals surface area contributed by atoms with Crippen molar-refractivity contribution in [3.8, 4) is 61.8 Å². The SMILES string of the molecule is c1ccc(-c2nc(-c3ccc(-n4c5ccccc5c5ccccc54)cc3)cc(-c3ccc4cc(-c5c6ccccc6c(-c6ccccc6)c6ccc7ccccc7c56)ccc4c3)n2)cc1. The molecule has 11 aromatic carbocycles. The van der Waals surface area contributed by atoms with Gasteiger partial charge in [-0.05, 0) is 108 Å². The summed E-state index contributed by atoms with van der Waals surface area (Å²) in [6.45, 7) is 0. The van der Waals surface area contributed by atoms with Gasteiger partial charge in [0, 0.05) is 33.2 Å². The van der Waals surface area contributed by atoms with Crippen LogP contribution in [0.15, 0.2) is 237 Å². The lowest BCUT2D eigenvalue weighted by molar-refractivity contribution is 1.17. The van der Waals surface area contributed by atoms with Crippen LogP contribution in [0.1, 0.15) is 0 Å². The third-order valence-corrected chi connectivity index (χ3v) is 13.2. The first kappa shape index (κ1) is 36.9. The van der Waals surface area contributed by atoms with Crippen LogP contribution in [0.25, 0.3) is 127 Å². The zero-order valence-electron chi connectivity index (χ0n) is 35.4. The predicted molar refractivity (Wildman–Crippen MR) is 274 cm³/mol. The summed E-state index contributed by atoms with van der Waals surface area (Å²) in [5.74, 6) is 0.699. The van der Waals surface area contributed by atoms with E-state index in [9.17, 15) is 0 Å². The van der Waals surface area contributed by atoms with Crippen molar-refractivity contribution in [3.63, 3.8) is 0 Å². The highest BCUT2D eigenvalue weighted by Crippen LogP contribution is 2.47. The second kappa shape index (κ2) is 15.0. The van der Waals surface area contributed by atoms with Crippen LogP contribution in [-0.2, 0) is 0 Å². The lowest BCUT2D eigenvalue weighted by atomic mass is 9.83. The first-order valence-electron chi connectivity index (χ1n) is 22.2. The van der Waals surface area contributed by atoms with Crippen LogP contribution in [0.4, 0.5) is 0 Å². The Morgan fingerprint density at radius 1 is 0.277 bits per heavy atom. The van der Waals surface area contributed by atoms with Crippen molar-refractivity contribution in [1.82, 2.24) is 14.5 Å². The first-order valence-corrected chi connectivity index (χ1v) is 22.2. The van der Waals surface area contributed by atoms with E-state index in [1.165, 1.54) is 81.8 Å². The van der Waals surface area contributed by atoms with E-state index in [1.54, 1.807) is 0 Å². The molecule has 0 fully saturated rings. The lowest BCUT2D eigenvalue weighted by Crippen LogP contribution is -1.97. The summed E-state index contributed by atoms with van der Waals surface area (Å²) in [5, 5.41) is 12.4. The number of fused-ring (bicyclic) bond motifs is 8. The van der Waals surface area contributed by atoms with Crippen molar-refractivity contribution in [3.05, 3.63) is 237 Å². The molecule has 0 N–H and O–H groups in total. The molecule has 0 spiro atoms. The summed E-state index contributed by atoms with van der Waals surface area (Å²) in [6.07, 6.45) is 0. The van der Waals surface area contributed by atoms with Crippen LogP contribution in [0.3, 0.4) is 0 Å². The molecular formula is C62H39N3. The van der Waals surface area contributed by atoms with Gasteiger partial charge in [-0.25, -0.2) is 9.97 Å². The number of nitrogens with zero attached hydrogens (tertiary/aromatic N) is 3. The Balaban J connectivity index is 0.940. The van der Waals surface area contributed by atoms with Gasteiger partial charge in [-0.3, -0.25) is 0 Å². The van der Waals surface area contributed by atoms with E-state index in [-0.39, 0.29) is 0 Å². The Hall–Kier alpha value is -8.66. The molecule has 302 valence electrons. The summed E-state index contributed by atoms with van der Waals surface area (Å²) >= 11 is 0. The fourth-order valence-electron chi connectivity index (χ4n) is 10.2. The molecule has 65 heavy (non-hydrogen) atoms. The van der Waals surface area contributed by atoms with Gasteiger partial charge in [-0.1, -0.05) is 194 Å². The average Bonchev–Trinajstić information content (AvgIpc) is 3.72. The third-order valence-electron chi connectivity index (χ3n) is 13.2. The molecule has 13 rings (SSSR count).